The second-order valence-corrected chi connectivity index (χ2v) is 4.06. The number of amides is 1. The van der Waals surface area contributed by atoms with Gasteiger partial charge in [-0.1, -0.05) is 30.3 Å². The summed E-state index contributed by atoms with van der Waals surface area (Å²) in [5.74, 6) is -1.01. The van der Waals surface area contributed by atoms with E-state index < -0.39 is 12.0 Å². The lowest BCUT2D eigenvalue weighted by Crippen LogP contribution is -2.34. The molecule has 18 heavy (non-hydrogen) atoms. The van der Waals surface area contributed by atoms with E-state index in [2.05, 4.69) is 5.32 Å². The van der Waals surface area contributed by atoms with E-state index >= 15 is 0 Å². The van der Waals surface area contributed by atoms with Crippen LogP contribution < -0.4 is 5.32 Å². The molecule has 1 amide bonds. The maximum atomic E-state index is 11.3. The van der Waals surface area contributed by atoms with E-state index in [1.54, 1.807) is 43.3 Å². The third-order valence-corrected chi connectivity index (χ3v) is 2.76. The lowest BCUT2D eigenvalue weighted by Gasteiger charge is -2.24. The van der Waals surface area contributed by atoms with Crippen molar-refractivity contribution in [3.05, 3.63) is 35.9 Å². The fraction of sp³-hybridized carbons (Fsp3) is 0.385. The molecule has 1 aromatic carbocycles. The molecule has 0 bridgehead atoms. The zero-order chi connectivity index (χ0) is 13.5. The van der Waals surface area contributed by atoms with Crippen LogP contribution >= 0.6 is 0 Å². The van der Waals surface area contributed by atoms with Crippen LogP contribution in [0.4, 0.5) is 0 Å². The first-order chi connectivity index (χ1) is 8.56. The van der Waals surface area contributed by atoms with E-state index in [9.17, 15) is 14.7 Å². The highest BCUT2D eigenvalue weighted by atomic mass is 16.4. The molecule has 1 unspecified atom stereocenters. The van der Waals surface area contributed by atoms with Crippen molar-refractivity contribution < 1.29 is 14.7 Å². The fourth-order valence-corrected chi connectivity index (χ4v) is 1.75. The van der Waals surface area contributed by atoms with Gasteiger partial charge < -0.3 is 10.4 Å². The number of hydrogen-bond donors (Lipinski definition) is 2. The van der Waals surface area contributed by atoms with Gasteiger partial charge in [-0.2, -0.15) is 0 Å². The Hall–Kier alpha value is -1.88. The average Bonchev–Trinajstić information content (AvgIpc) is 2.37. The van der Waals surface area contributed by atoms with Gasteiger partial charge in [-0.15, -0.1) is 0 Å². The predicted molar refractivity (Wildman–Crippen MR) is 68.1 cm³/mol. The van der Waals surface area contributed by atoms with E-state index in [4.69, 9.17) is 0 Å². The molecule has 2 N–H and O–H groups in total. The van der Waals surface area contributed by atoms with Crippen LogP contribution in [0, 0.1) is 0 Å². The van der Waals surface area contributed by atoms with Crippen LogP contribution in [-0.4, -0.2) is 42.5 Å². The van der Waals surface area contributed by atoms with Gasteiger partial charge in [0.05, 0.1) is 0 Å². The Morgan fingerprint density at radius 3 is 2.44 bits per heavy atom. The monoisotopic (exact) mass is 250 g/mol. The molecule has 5 nitrogen and oxygen atoms in total. The smallest absolute Gasteiger partial charge is 0.325 e. The second kappa shape index (κ2) is 6.76. The Balaban J connectivity index is 2.74. The number of aliphatic carboxylic acids is 1. The molecule has 1 aromatic rings. The molecule has 0 fully saturated rings. The first kappa shape index (κ1) is 14.2. The maximum Gasteiger partial charge on any atom is 0.325 e. The number of carbonyl (C=O) groups excluding carboxylic acids is 1. The lowest BCUT2D eigenvalue weighted by molar-refractivity contribution is -0.143. The van der Waals surface area contributed by atoms with Crippen molar-refractivity contribution >= 4 is 11.9 Å². The zero-order valence-electron chi connectivity index (χ0n) is 10.6. The normalized spacial score (nSPS) is 12.2. The van der Waals surface area contributed by atoms with Crippen molar-refractivity contribution in [2.24, 2.45) is 0 Å². The summed E-state index contributed by atoms with van der Waals surface area (Å²) in [7, 11) is 3.27. The highest BCUT2D eigenvalue weighted by Gasteiger charge is 2.24. The van der Waals surface area contributed by atoms with Gasteiger partial charge in [0.15, 0.2) is 0 Å². The van der Waals surface area contributed by atoms with Gasteiger partial charge >= 0.3 is 5.97 Å². The van der Waals surface area contributed by atoms with Gasteiger partial charge in [-0.25, -0.2) is 0 Å². The number of carboxylic acids is 1. The van der Waals surface area contributed by atoms with Crippen molar-refractivity contribution in [1.29, 1.82) is 0 Å². The van der Waals surface area contributed by atoms with Crippen LogP contribution in [0.5, 0.6) is 0 Å². The number of nitrogens with zero attached hydrogens (tertiary/aromatic N) is 1. The third-order valence-electron chi connectivity index (χ3n) is 2.76. The number of carbonyl (C=O) groups is 2. The van der Waals surface area contributed by atoms with Gasteiger partial charge in [0.2, 0.25) is 5.91 Å². The minimum Gasteiger partial charge on any atom is -0.480 e. The van der Waals surface area contributed by atoms with Crippen molar-refractivity contribution in [2.45, 2.75) is 12.5 Å². The van der Waals surface area contributed by atoms with Crippen LogP contribution in [0.15, 0.2) is 30.3 Å². The molecule has 0 aliphatic heterocycles. The van der Waals surface area contributed by atoms with Crippen LogP contribution in [0.25, 0.3) is 0 Å². The molecule has 0 saturated carbocycles. The molecule has 1 rings (SSSR count). The molecular formula is C13H18N2O3. The molecule has 98 valence electrons. The average molecular weight is 250 g/mol. The first-order valence-electron chi connectivity index (χ1n) is 5.75. The summed E-state index contributed by atoms with van der Waals surface area (Å²) in [6.07, 6.45) is 0.281. The fourth-order valence-electron chi connectivity index (χ4n) is 1.75. The van der Waals surface area contributed by atoms with Crippen LogP contribution in [-0.2, 0) is 9.59 Å². The lowest BCUT2D eigenvalue weighted by atomic mass is 10.1. The maximum absolute atomic E-state index is 11.3. The number of benzene rings is 1. The molecule has 0 spiro atoms. The van der Waals surface area contributed by atoms with Gasteiger partial charge in [0.1, 0.15) is 6.04 Å². The molecule has 1 atom stereocenters. The number of hydrogen-bond acceptors (Lipinski definition) is 3. The minimum atomic E-state index is -0.916. The summed E-state index contributed by atoms with van der Waals surface area (Å²) in [4.78, 5) is 24.1. The van der Waals surface area contributed by atoms with Crippen molar-refractivity contribution in [3.8, 4) is 0 Å². The Kier molecular flexibility index (Phi) is 5.32. The molecule has 0 saturated heterocycles. The standard InChI is InChI=1S/C13H18N2O3/c1-14-11(16)8-9-15(2)12(13(17)18)10-6-4-3-5-7-10/h3-7,12H,8-9H2,1-2H3,(H,14,16)(H,17,18). The van der Waals surface area contributed by atoms with E-state index in [1.807, 2.05) is 6.07 Å². The van der Waals surface area contributed by atoms with Gasteiger partial charge in [0, 0.05) is 20.0 Å². The molecule has 0 heterocycles. The predicted octanol–water partition coefficient (Wildman–Crippen LogP) is 0.880. The van der Waals surface area contributed by atoms with Gasteiger partial charge in [-0.05, 0) is 12.6 Å². The molecule has 0 aromatic heterocycles. The minimum absolute atomic E-state index is 0.0981. The zero-order valence-corrected chi connectivity index (χ0v) is 10.6. The number of nitrogens with one attached hydrogen (secondary N) is 1. The van der Waals surface area contributed by atoms with E-state index in [1.165, 1.54) is 0 Å². The molecule has 5 heteroatoms. The SMILES string of the molecule is CNC(=O)CCN(C)C(C(=O)O)c1ccccc1. The van der Waals surface area contributed by atoms with Crippen molar-refractivity contribution in [1.82, 2.24) is 10.2 Å². The quantitative estimate of drug-likeness (QED) is 0.786. The third kappa shape index (κ3) is 3.85. The highest BCUT2D eigenvalue weighted by molar-refractivity contribution is 5.77. The molecular weight excluding hydrogens is 232 g/mol. The summed E-state index contributed by atoms with van der Waals surface area (Å²) in [6, 6.07) is 8.27. The Morgan fingerprint density at radius 1 is 1.33 bits per heavy atom. The molecule has 0 radical (unpaired) electrons. The van der Waals surface area contributed by atoms with Gasteiger partial charge in [0.25, 0.3) is 0 Å². The number of carboxylic acid groups (broad SMARTS) is 1. The largest absolute Gasteiger partial charge is 0.480 e. The van der Waals surface area contributed by atoms with Crippen LogP contribution in [0.2, 0.25) is 0 Å². The highest BCUT2D eigenvalue weighted by Crippen LogP contribution is 2.19. The summed E-state index contributed by atoms with van der Waals surface area (Å²) in [5.41, 5.74) is 0.712. The Labute approximate surface area is 106 Å². The van der Waals surface area contributed by atoms with Crippen LogP contribution in [0.3, 0.4) is 0 Å². The molecule has 0 aliphatic carbocycles. The summed E-state index contributed by atoms with van der Waals surface area (Å²) < 4.78 is 0. The summed E-state index contributed by atoms with van der Waals surface area (Å²) >= 11 is 0. The van der Waals surface area contributed by atoms with Crippen molar-refractivity contribution in [3.63, 3.8) is 0 Å². The van der Waals surface area contributed by atoms with Crippen LogP contribution in [0.1, 0.15) is 18.0 Å². The van der Waals surface area contributed by atoms with Crippen molar-refractivity contribution in [2.75, 3.05) is 20.6 Å². The van der Waals surface area contributed by atoms with E-state index in [0.29, 0.717) is 12.1 Å². The van der Waals surface area contributed by atoms with E-state index in [0.717, 1.165) is 0 Å². The number of likely N-dealkylation sites (N-methyl/N-ethyl adjacent to an activating group) is 1. The first-order valence-corrected chi connectivity index (χ1v) is 5.75. The van der Waals surface area contributed by atoms with E-state index in [-0.39, 0.29) is 12.3 Å². The molecule has 0 aliphatic rings. The number of rotatable bonds is 6. The summed E-state index contributed by atoms with van der Waals surface area (Å²) in [6.45, 7) is 0.394. The summed E-state index contributed by atoms with van der Waals surface area (Å²) in [5, 5.41) is 11.8. The van der Waals surface area contributed by atoms with Gasteiger partial charge in [-0.3, -0.25) is 14.5 Å². The topological polar surface area (TPSA) is 69.6 Å². The second-order valence-electron chi connectivity index (χ2n) is 4.06. The Morgan fingerprint density at radius 2 is 1.94 bits per heavy atom. The Bertz CT molecular complexity index is 406.